The highest BCUT2D eigenvalue weighted by Crippen LogP contribution is 2.59. The third-order valence-electron chi connectivity index (χ3n) is 10.1. The van der Waals surface area contributed by atoms with Gasteiger partial charge in [0.1, 0.15) is 29.8 Å². The Balaban J connectivity index is 1.52. The van der Waals surface area contributed by atoms with Gasteiger partial charge in [0, 0.05) is 17.4 Å². The predicted octanol–water partition coefficient (Wildman–Crippen LogP) is 5.40. The van der Waals surface area contributed by atoms with Crippen LogP contribution >= 0.6 is 27.5 Å². The quantitative estimate of drug-likeness (QED) is 0.298. The van der Waals surface area contributed by atoms with Crippen LogP contribution in [0, 0.1) is 24.7 Å². The van der Waals surface area contributed by atoms with Gasteiger partial charge in [-0.1, -0.05) is 96.0 Å². The van der Waals surface area contributed by atoms with Crippen LogP contribution in [0.1, 0.15) is 57.3 Å². The molecule has 2 aromatic rings. The second kappa shape index (κ2) is 14.6. The van der Waals surface area contributed by atoms with Crippen molar-refractivity contribution in [1.82, 2.24) is 10.2 Å². The molecule has 2 N–H and O–H groups in total. The van der Waals surface area contributed by atoms with Crippen LogP contribution in [0.2, 0.25) is 5.02 Å². The number of nitrogens with one attached hydrogen (secondary N) is 1. The molecule has 4 heterocycles. The van der Waals surface area contributed by atoms with Gasteiger partial charge in [-0.2, -0.15) is 0 Å². The molecule has 4 aliphatic rings. The third-order valence-corrected chi connectivity index (χ3v) is 11.1. The zero-order valence-corrected chi connectivity index (χ0v) is 30.9. The number of hydrogen-bond acceptors (Lipinski definition) is 7. The summed E-state index contributed by atoms with van der Waals surface area (Å²) in [4.78, 5) is 60.7. The van der Waals surface area contributed by atoms with Crippen molar-refractivity contribution in [3.63, 3.8) is 0 Å². The number of fused-ring (bicyclic) bond motifs is 2. The molecule has 2 fully saturated rings. The van der Waals surface area contributed by atoms with Crippen LogP contribution in [0.25, 0.3) is 0 Å². The van der Waals surface area contributed by atoms with E-state index in [1.54, 1.807) is 25.1 Å². The van der Waals surface area contributed by atoms with Gasteiger partial charge in [0.15, 0.2) is 0 Å². The monoisotopic (exact) mass is 767 g/mol. The first kappa shape index (κ1) is 36.3. The van der Waals surface area contributed by atoms with Crippen LogP contribution in [0.3, 0.4) is 0 Å². The maximum Gasteiger partial charge on any atom is 0.313 e. The largest absolute Gasteiger partial charge is 0.455 e. The van der Waals surface area contributed by atoms with E-state index in [0.29, 0.717) is 33.6 Å². The number of carbonyl (C=O) groups is 4. The number of aryl methyl sites for hydroxylation is 1. The number of halogens is 2. The molecule has 3 amide bonds. The number of likely N-dealkylation sites (tertiary alicyclic amines) is 1. The van der Waals surface area contributed by atoms with Gasteiger partial charge in [0.05, 0.1) is 35.3 Å². The van der Waals surface area contributed by atoms with E-state index >= 15 is 4.79 Å². The number of hydrogen-bond donors (Lipinski definition) is 2. The van der Waals surface area contributed by atoms with E-state index < -0.39 is 72.2 Å². The van der Waals surface area contributed by atoms with Crippen molar-refractivity contribution in [2.45, 2.75) is 82.9 Å². The fraction of sp³-hybridized carbons (Fsp3) is 0.474. The minimum Gasteiger partial charge on any atom is -0.455 e. The van der Waals surface area contributed by atoms with E-state index in [1.807, 2.05) is 69.3 Å². The minimum atomic E-state index is -1.54. The average molecular weight is 769 g/mol. The molecular formula is C38H43BrClN3O7. The molecule has 2 aromatic carbocycles. The number of aliphatic hydroxyl groups is 1. The number of anilines is 1. The molecule has 6 rings (SSSR count). The first-order chi connectivity index (χ1) is 23.9. The Kier molecular flexibility index (Phi) is 10.6. The lowest BCUT2D eigenvalue weighted by molar-refractivity contribution is -0.161. The van der Waals surface area contributed by atoms with E-state index in [2.05, 4.69) is 21.2 Å². The Labute approximate surface area is 305 Å². The fourth-order valence-electron chi connectivity index (χ4n) is 8.04. The summed E-state index contributed by atoms with van der Waals surface area (Å²) in [6.45, 7) is 7.29. The van der Waals surface area contributed by atoms with Crippen molar-refractivity contribution in [2.75, 3.05) is 18.1 Å². The molecule has 0 unspecified atom stereocenters. The van der Waals surface area contributed by atoms with Crippen LogP contribution in [0.5, 0.6) is 0 Å². The summed E-state index contributed by atoms with van der Waals surface area (Å²) in [5, 5.41) is 14.1. The molecule has 10 nitrogen and oxygen atoms in total. The fourth-order valence-corrected chi connectivity index (χ4v) is 9.10. The van der Waals surface area contributed by atoms with Crippen molar-refractivity contribution in [1.29, 1.82) is 0 Å². The lowest BCUT2D eigenvalue weighted by Crippen LogP contribution is -2.59. The van der Waals surface area contributed by atoms with Crippen LogP contribution < -0.4 is 10.2 Å². The van der Waals surface area contributed by atoms with Gasteiger partial charge in [0.25, 0.3) is 5.91 Å². The molecule has 50 heavy (non-hydrogen) atoms. The molecule has 12 heteroatoms. The van der Waals surface area contributed by atoms with Crippen LogP contribution in [0.4, 0.5) is 5.69 Å². The second-order valence-electron chi connectivity index (χ2n) is 14.0. The smallest absolute Gasteiger partial charge is 0.313 e. The summed E-state index contributed by atoms with van der Waals surface area (Å²) in [7, 11) is 0. The molecule has 8 atom stereocenters. The summed E-state index contributed by atoms with van der Waals surface area (Å²) in [6.07, 6.45) is 4.61. The number of cyclic esters (lactones) is 1. The van der Waals surface area contributed by atoms with Gasteiger partial charge in [0.2, 0.25) is 11.8 Å². The third kappa shape index (κ3) is 6.42. The van der Waals surface area contributed by atoms with Crippen LogP contribution in [-0.2, 0) is 28.7 Å². The van der Waals surface area contributed by atoms with E-state index in [-0.39, 0.29) is 24.8 Å². The van der Waals surface area contributed by atoms with Crippen LogP contribution in [0.15, 0.2) is 71.2 Å². The Morgan fingerprint density at radius 1 is 1.04 bits per heavy atom. The number of amides is 3. The Morgan fingerprint density at radius 3 is 2.46 bits per heavy atom. The van der Waals surface area contributed by atoms with E-state index in [1.165, 1.54) is 9.80 Å². The number of nitrogens with zero attached hydrogens (tertiary/aromatic N) is 2. The number of esters is 1. The number of benzene rings is 2. The molecule has 0 saturated carbocycles. The molecular weight excluding hydrogens is 726 g/mol. The van der Waals surface area contributed by atoms with Crippen molar-refractivity contribution in [3.8, 4) is 0 Å². The molecule has 0 aromatic heterocycles. The zero-order valence-electron chi connectivity index (χ0n) is 28.6. The number of para-hydroxylation sites is 1. The normalized spacial score (nSPS) is 31.4. The van der Waals surface area contributed by atoms with E-state index in [0.717, 1.165) is 5.56 Å². The number of carbonyl (C=O) groups excluding carboxylic acids is 4. The molecule has 1 spiro atoms. The molecule has 2 saturated heterocycles. The summed E-state index contributed by atoms with van der Waals surface area (Å²) >= 11 is 10.4. The summed E-state index contributed by atoms with van der Waals surface area (Å²) in [5.41, 5.74) is 0.349. The summed E-state index contributed by atoms with van der Waals surface area (Å²) < 4.78 is 13.5. The SMILES string of the molecule is Cc1cccc(Cl)c1N1C/C=C\CCC(=O)N[C@H](C)[C@@H](c2ccccc2)OC(=O)[C@@H]2[C@H]3O[C@@]4(C=C3Br)[C@H](C1=O)N([C@@H](CO)CC(C)C)C(=O)[C@@H]24. The molecule has 266 valence electrons. The first-order valence-corrected chi connectivity index (χ1v) is 18.3. The van der Waals surface area contributed by atoms with Crippen molar-refractivity contribution < 1.29 is 33.8 Å². The summed E-state index contributed by atoms with van der Waals surface area (Å²) in [6, 6.07) is 11.9. The average Bonchev–Trinajstić information content (AvgIpc) is 3.67. The van der Waals surface area contributed by atoms with Gasteiger partial charge < -0.3 is 29.7 Å². The molecule has 4 aliphatic heterocycles. The lowest BCUT2D eigenvalue weighted by Gasteiger charge is -2.39. The number of rotatable bonds is 6. The van der Waals surface area contributed by atoms with Gasteiger partial charge in [-0.3, -0.25) is 19.2 Å². The number of allylic oxidation sites excluding steroid dienone is 1. The lowest BCUT2D eigenvalue weighted by atomic mass is 9.74. The van der Waals surface area contributed by atoms with Gasteiger partial charge in [-0.05, 0) is 55.9 Å². The molecule has 0 aliphatic carbocycles. The Bertz CT molecular complexity index is 1700. The number of ether oxygens (including phenoxy) is 2. The highest BCUT2D eigenvalue weighted by atomic mass is 79.9. The van der Waals surface area contributed by atoms with Gasteiger partial charge >= 0.3 is 5.97 Å². The van der Waals surface area contributed by atoms with Crippen LogP contribution in [-0.4, -0.2) is 76.7 Å². The Hall–Kier alpha value is -3.51. The summed E-state index contributed by atoms with van der Waals surface area (Å²) in [5.74, 6) is -3.98. The highest BCUT2D eigenvalue weighted by Gasteiger charge is 2.75. The molecule has 0 radical (unpaired) electrons. The van der Waals surface area contributed by atoms with Crippen molar-refractivity contribution in [3.05, 3.63) is 87.4 Å². The number of aliphatic hydroxyl groups excluding tert-OH is 1. The highest BCUT2D eigenvalue weighted by molar-refractivity contribution is 9.11. The van der Waals surface area contributed by atoms with Gasteiger partial charge in [-0.25, -0.2) is 0 Å². The van der Waals surface area contributed by atoms with Crippen molar-refractivity contribution in [2.24, 2.45) is 17.8 Å². The van der Waals surface area contributed by atoms with E-state index in [9.17, 15) is 19.5 Å². The second-order valence-corrected chi connectivity index (χ2v) is 15.4. The minimum absolute atomic E-state index is 0.0765. The molecule has 5 bridgehead atoms. The maximum atomic E-state index is 15.3. The van der Waals surface area contributed by atoms with Gasteiger partial charge in [-0.15, -0.1) is 0 Å². The first-order valence-electron chi connectivity index (χ1n) is 17.1. The standard InChI is InChI=1S/C38H43BrClN3O7/c1-21(2)18-25(20-44)43-34-36(47)42(31-22(3)12-11-15-27(31)40)17-10-6-9-16-28(45)41-23(4)32(24-13-7-5-8-14-24)49-37(48)29-30(35(43)46)38(34)19-26(39)33(29)50-38/h5-8,10-15,19,21,23,25,29-30,32-34,44H,9,16-18,20H2,1-4H3,(H,41,45)/b10-6-/t23-,25-,29+,30-,32+,33+,34+,38-/m1/s1. The Morgan fingerprint density at radius 2 is 1.78 bits per heavy atom. The zero-order chi connectivity index (χ0) is 35.9. The van der Waals surface area contributed by atoms with E-state index in [4.69, 9.17) is 21.1 Å². The van der Waals surface area contributed by atoms with Crippen molar-refractivity contribution >= 4 is 56.9 Å². The topological polar surface area (TPSA) is 125 Å². The predicted molar refractivity (Wildman–Crippen MR) is 192 cm³/mol. The maximum absolute atomic E-state index is 15.3.